The summed E-state index contributed by atoms with van der Waals surface area (Å²) in [6.45, 7) is 5.93. The maximum atomic E-state index is 3.66. The zero-order chi connectivity index (χ0) is 9.07. The van der Waals surface area contributed by atoms with E-state index in [1.165, 1.54) is 51.4 Å². The third kappa shape index (κ3) is 16.0. The van der Waals surface area contributed by atoms with Crippen molar-refractivity contribution in [1.29, 1.82) is 0 Å². The zero-order valence-electron chi connectivity index (χ0n) is 9.52. The van der Waals surface area contributed by atoms with E-state index in [1.807, 2.05) is 6.08 Å². The number of rotatable bonds is 9. The standard InChI is InChI=1S/C12H23.K/c1-3-5-7-9-11-12-10-8-6-4-2;/h3,5H,1,4,6-12H2,2H3;/q-1;+1. The van der Waals surface area contributed by atoms with Crippen LogP contribution in [0.5, 0.6) is 0 Å². The van der Waals surface area contributed by atoms with Gasteiger partial charge in [-0.15, -0.1) is 6.42 Å². The minimum Gasteiger partial charge on any atom is -0.245 e. The SMILES string of the molecule is C=C[CH-]CCCCCCCCC.[K+]. The molecule has 0 fully saturated rings. The van der Waals surface area contributed by atoms with E-state index in [0.717, 1.165) is 0 Å². The summed E-state index contributed by atoms with van der Waals surface area (Å²) in [6.07, 6.45) is 15.1. The van der Waals surface area contributed by atoms with Gasteiger partial charge in [0, 0.05) is 0 Å². The maximum absolute atomic E-state index is 3.66. The molecule has 0 radical (unpaired) electrons. The summed E-state index contributed by atoms with van der Waals surface area (Å²) in [5.41, 5.74) is 0. The first-order chi connectivity index (χ1) is 5.91. The molecule has 0 aliphatic heterocycles. The molecule has 0 saturated heterocycles. The minimum absolute atomic E-state index is 0. The van der Waals surface area contributed by atoms with Crippen LogP contribution in [0.1, 0.15) is 58.3 Å². The summed E-state index contributed by atoms with van der Waals surface area (Å²) < 4.78 is 0. The molecule has 0 amide bonds. The van der Waals surface area contributed by atoms with Crippen molar-refractivity contribution >= 4 is 0 Å². The molecule has 0 unspecified atom stereocenters. The smallest absolute Gasteiger partial charge is 0.245 e. The molecule has 0 rings (SSSR count). The second kappa shape index (κ2) is 15.7. The van der Waals surface area contributed by atoms with Gasteiger partial charge in [-0.2, -0.15) is 0 Å². The van der Waals surface area contributed by atoms with E-state index in [4.69, 9.17) is 0 Å². The van der Waals surface area contributed by atoms with Crippen LogP contribution in [0, 0.1) is 6.42 Å². The molecule has 0 aromatic rings. The summed E-state index contributed by atoms with van der Waals surface area (Å²) >= 11 is 0. The minimum atomic E-state index is 0. The number of hydrogen-bond donors (Lipinski definition) is 0. The van der Waals surface area contributed by atoms with E-state index in [0.29, 0.717) is 0 Å². The van der Waals surface area contributed by atoms with Crippen LogP contribution >= 0.6 is 0 Å². The van der Waals surface area contributed by atoms with Crippen LogP contribution < -0.4 is 51.4 Å². The Hall–Kier alpha value is 1.25. The van der Waals surface area contributed by atoms with Crippen molar-refractivity contribution < 1.29 is 51.4 Å². The summed E-state index contributed by atoms with van der Waals surface area (Å²) in [4.78, 5) is 0. The van der Waals surface area contributed by atoms with E-state index < -0.39 is 0 Å². The van der Waals surface area contributed by atoms with Crippen molar-refractivity contribution in [3.63, 3.8) is 0 Å². The fraction of sp³-hybridized carbons (Fsp3) is 0.750. The normalized spacial score (nSPS) is 9.00. The average molecular weight is 206 g/mol. The predicted molar refractivity (Wildman–Crippen MR) is 57.1 cm³/mol. The van der Waals surface area contributed by atoms with Gasteiger partial charge < -0.3 is 0 Å². The first-order valence-corrected chi connectivity index (χ1v) is 5.36. The van der Waals surface area contributed by atoms with Crippen LogP contribution in [0.15, 0.2) is 12.7 Å². The second-order valence-corrected chi connectivity index (χ2v) is 3.38. The quantitative estimate of drug-likeness (QED) is 0.305. The van der Waals surface area contributed by atoms with Crippen LogP contribution in [0.4, 0.5) is 0 Å². The molecule has 0 heterocycles. The van der Waals surface area contributed by atoms with E-state index in [-0.39, 0.29) is 51.4 Å². The third-order valence-corrected chi connectivity index (χ3v) is 2.14. The molecule has 0 aromatic carbocycles. The number of hydrogen-bond acceptors (Lipinski definition) is 0. The van der Waals surface area contributed by atoms with Gasteiger partial charge in [-0.05, 0) is 0 Å². The van der Waals surface area contributed by atoms with Gasteiger partial charge in [-0.1, -0.05) is 51.9 Å². The second-order valence-electron chi connectivity index (χ2n) is 3.38. The van der Waals surface area contributed by atoms with Crippen molar-refractivity contribution in [2.24, 2.45) is 0 Å². The summed E-state index contributed by atoms with van der Waals surface area (Å²) in [5, 5.41) is 0. The van der Waals surface area contributed by atoms with E-state index in [1.54, 1.807) is 0 Å². The van der Waals surface area contributed by atoms with Gasteiger partial charge in [0.25, 0.3) is 0 Å². The molecule has 0 aliphatic rings. The maximum Gasteiger partial charge on any atom is 1.00 e. The number of allylic oxidation sites excluding steroid dienone is 1. The van der Waals surface area contributed by atoms with Gasteiger partial charge in [-0.25, -0.2) is 19.1 Å². The monoisotopic (exact) mass is 206 g/mol. The third-order valence-electron chi connectivity index (χ3n) is 2.14. The Morgan fingerprint density at radius 1 is 1.00 bits per heavy atom. The van der Waals surface area contributed by atoms with E-state index in [2.05, 4.69) is 19.9 Å². The van der Waals surface area contributed by atoms with Gasteiger partial charge in [0.2, 0.25) is 0 Å². The van der Waals surface area contributed by atoms with Crippen molar-refractivity contribution in [2.75, 3.05) is 0 Å². The first kappa shape index (κ1) is 16.7. The molecular formula is C12H23K. The Kier molecular flexibility index (Phi) is 20.1. The van der Waals surface area contributed by atoms with Crippen LogP contribution in [0.3, 0.4) is 0 Å². The molecule has 0 aliphatic carbocycles. The Labute approximate surface area is 127 Å². The molecule has 0 N–H and O–H groups in total. The molecule has 72 valence electrons. The van der Waals surface area contributed by atoms with Gasteiger partial charge >= 0.3 is 51.4 Å². The first-order valence-electron chi connectivity index (χ1n) is 5.36. The summed E-state index contributed by atoms with van der Waals surface area (Å²) in [7, 11) is 0. The molecule has 0 bridgehead atoms. The Morgan fingerprint density at radius 3 is 2.08 bits per heavy atom. The predicted octanol–water partition coefficient (Wildman–Crippen LogP) is 1.52. The zero-order valence-corrected chi connectivity index (χ0v) is 12.6. The fourth-order valence-corrected chi connectivity index (χ4v) is 1.34. The van der Waals surface area contributed by atoms with Crippen LogP contribution in [0.2, 0.25) is 0 Å². The Bertz CT molecular complexity index is 89.1. The van der Waals surface area contributed by atoms with E-state index >= 15 is 0 Å². The summed E-state index contributed by atoms with van der Waals surface area (Å²) in [5.74, 6) is 0. The molecule has 0 nitrogen and oxygen atoms in total. The van der Waals surface area contributed by atoms with Gasteiger partial charge in [0.1, 0.15) is 0 Å². The summed E-state index contributed by atoms with van der Waals surface area (Å²) in [6, 6.07) is 0. The molecule has 0 saturated carbocycles. The van der Waals surface area contributed by atoms with Gasteiger partial charge in [-0.3, -0.25) is 0 Å². The Balaban J connectivity index is 0. The van der Waals surface area contributed by atoms with Crippen LogP contribution in [-0.4, -0.2) is 0 Å². The van der Waals surface area contributed by atoms with Crippen LogP contribution in [-0.2, 0) is 0 Å². The van der Waals surface area contributed by atoms with Crippen molar-refractivity contribution in [1.82, 2.24) is 0 Å². The van der Waals surface area contributed by atoms with Gasteiger partial charge in [0.15, 0.2) is 0 Å². The molecule has 0 aromatic heterocycles. The van der Waals surface area contributed by atoms with Crippen LogP contribution in [0.25, 0.3) is 0 Å². The molecule has 1 heteroatoms. The topological polar surface area (TPSA) is 0 Å². The number of unbranched alkanes of at least 4 members (excludes halogenated alkanes) is 8. The van der Waals surface area contributed by atoms with Gasteiger partial charge in [0.05, 0.1) is 0 Å². The molecular weight excluding hydrogens is 183 g/mol. The molecule has 0 spiro atoms. The van der Waals surface area contributed by atoms with E-state index in [9.17, 15) is 0 Å². The average Bonchev–Trinajstić information content (AvgIpc) is 2.10. The van der Waals surface area contributed by atoms with Crippen molar-refractivity contribution in [2.45, 2.75) is 58.3 Å². The van der Waals surface area contributed by atoms with Crippen molar-refractivity contribution in [3.05, 3.63) is 19.1 Å². The largest absolute Gasteiger partial charge is 1.00 e. The molecule has 0 atom stereocenters. The fourth-order valence-electron chi connectivity index (χ4n) is 1.34. The molecule has 13 heavy (non-hydrogen) atoms. The Morgan fingerprint density at radius 2 is 1.54 bits per heavy atom. The van der Waals surface area contributed by atoms with Crippen molar-refractivity contribution in [3.8, 4) is 0 Å².